The van der Waals surface area contributed by atoms with Crippen molar-refractivity contribution in [3.05, 3.63) is 59.9 Å². The number of unbranched alkanes of at least 4 members (excludes halogenated alkanes) is 2. The molecule has 29 heavy (non-hydrogen) atoms. The van der Waals surface area contributed by atoms with E-state index in [1.54, 1.807) is 0 Å². The largest absolute Gasteiger partial charge is 0.368 e. The Morgan fingerprint density at radius 1 is 0.931 bits per heavy atom. The molecule has 3 rings (SSSR count). The number of nitrogens with one attached hydrogen (secondary N) is 1. The summed E-state index contributed by atoms with van der Waals surface area (Å²) in [5.74, 6) is -0.376. The zero-order valence-corrected chi connectivity index (χ0v) is 16.9. The van der Waals surface area contributed by atoms with Crippen LogP contribution in [0.5, 0.6) is 0 Å². The highest BCUT2D eigenvalue weighted by Crippen LogP contribution is 2.20. The summed E-state index contributed by atoms with van der Waals surface area (Å²) in [5, 5.41) is 2.82. The summed E-state index contributed by atoms with van der Waals surface area (Å²) in [6, 6.07) is 13.1. The fourth-order valence-corrected chi connectivity index (χ4v) is 3.46. The van der Waals surface area contributed by atoms with Crippen LogP contribution in [-0.4, -0.2) is 42.9 Å². The van der Waals surface area contributed by atoms with E-state index in [-0.39, 0.29) is 17.6 Å². The molecule has 0 spiro atoms. The van der Waals surface area contributed by atoms with E-state index in [2.05, 4.69) is 17.1 Å². The van der Waals surface area contributed by atoms with Gasteiger partial charge in [0.2, 0.25) is 5.91 Å². The summed E-state index contributed by atoms with van der Waals surface area (Å²) in [4.78, 5) is 28.7. The van der Waals surface area contributed by atoms with E-state index in [0.717, 1.165) is 51.1 Å². The average molecular weight is 397 g/mol. The Bertz CT molecular complexity index is 813. The molecule has 6 heteroatoms. The van der Waals surface area contributed by atoms with Gasteiger partial charge in [-0.1, -0.05) is 19.8 Å². The maximum absolute atomic E-state index is 13.0. The molecule has 2 aromatic carbocycles. The number of carbonyl (C=O) groups is 2. The zero-order valence-electron chi connectivity index (χ0n) is 16.9. The number of benzene rings is 2. The quantitative estimate of drug-likeness (QED) is 0.709. The highest BCUT2D eigenvalue weighted by molar-refractivity contribution is 6.04. The van der Waals surface area contributed by atoms with Gasteiger partial charge in [0, 0.05) is 49.5 Å². The number of carbonyl (C=O) groups excluding carboxylic acids is 2. The Morgan fingerprint density at radius 2 is 1.59 bits per heavy atom. The third-order valence-electron chi connectivity index (χ3n) is 5.22. The standard InChI is InChI=1S/C23H28FN3O2/c1-2-3-4-5-22(28)27-16-14-26(15-17-27)21-12-10-20(11-13-21)25-23(29)18-6-8-19(24)9-7-18/h6-13H,2-5,14-17H2,1H3,(H,25,29). The normalized spacial score (nSPS) is 14.0. The predicted molar refractivity (Wildman–Crippen MR) is 114 cm³/mol. The van der Waals surface area contributed by atoms with Gasteiger partial charge in [-0.3, -0.25) is 9.59 Å². The van der Waals surface area contributed by atoms with Gasteiger partial charge in [-0.05, 0) is 55.0 Å². The van der Waals surface area contributed by atoms with Gasteiger partial charge in [-0.15, -0.1) is 0 Å². The van der Waals surface area contributed by atoms with Gasteiger partial charge in [-0.25, -0.2) is 4.39 Å². The molecule has 2 amide bonds. The maximum atomic E-state index is 13.0. The Labute approximate surface area is 171 Å². The van der Waals surface area contributed by atoms with Crippen molar-refractivity contribution in [3.63, 3.8) is 0 Å². The summed E-state index contributed by atoms with van der Waals surface area (Å²) in [5.41, 5.74) is 2.17. The van der Waals surface area contributed by atoms with Gasteiger partial charge in [0.05, 0.1) is 0 Å². The molecule has 5 nitrogen and oxygen atoms in total. The van der Waals surface area contributed by atoms with Crippen molar-refractivity contribution < 1.29 is 14.0 Å². The molecule has 0 saturated carbocycles. The van der Waals surface area contributed by atoms with Crippen LogP contribution in [0.25, 0.3) is 0 Å². The van der Waals surface area contributed by atoms with E-state index < -0.39 is 0 Å². The molecule has 1 aliphatic rings. The van der Waals surface area contributed by atoms with Gasteiger partial charge in [0.25, 0.3) is 5.91 Å². The van der Waals surface area contributed by atoms with E-state index in [9.17, 15) is 14.0 Å². The van der Waals surface area contributed by atoms with E-state index in [1.807, 2.05) is 29.2 Å². The molecule has 154 valence electrons. The fourth-order valence-electron chi connectivity index (χ4n) is 3.46. The van der Waals surface area contributed by atoms with Crippen molar-refractivity contribution in [2.75, 3.05) is 36.4 Å². The molecule has 1 saturated heterocycles. The van der Waals surface area contributed by atoms with Crippen molar-refractivity contribution in [2.24, 2.45) is 0 Å². The van der Waals surface area contributed by atoms with Gasteiger partial charge in [0.1, 0.15) is 5.82 Å². The first-order valence-corrected chi connectivity index (χ1v) is 10.3. The number of amides is 2. The number of nitrogens with zero attached hydrogens (tertiary/aromatic N) is 2. The predicted octanol–water partition coefficient (Wildman–Crippen LogP) is 4.31. The van der Waals surface area contributed by atoms with Crippen LogP contribution in [0.2, 0.25) is 0 Å². The Hall–Kier alpha value is -2.89. The summed E-state index contributed by atoms with van der Waals surface area (Å²) in [7, 11) is 0. The van der Waals surface area contributed by atoms with Crippen molar-refractivity contribution in [2.45, 2.75) is 32.6 Å². The van der Waals surface area contributed by atoms with Gasteiger partial charge in [0.15, 0.2) is 0 Å². The van der Waals surface area contributed by atoms with E-state index >= 15 is 0 Å². The van der Waals surface area contributed by atoms with Crippen LogP contribution in [0.4, 0.5) is 15.8 Å². The molecule has 2 aromatic rings. The molecule has 1 aliphatic heterocycles. The molecule has 1 fully saturated rings. The number of anilines is 2. The van der Waals surface area contributed by atoms with Gasteiger partial charge in [-0.2, -0.15) is 0 Å². The highest BCUT2D eigenvalue weighted by Gasteiger charge is 2.20. The van der Waals surface area contributed by atoms with Crippen molar-refractivity contribution in [1.29, 1.82) is 0 Å². The van der Waals surface area contributed by atoms with Crippen LogP contribution in [0.1, 0.15) is 43.0 Å². The maximum Gasteiger partial charge on any atom is 0.255 e. The van der Waals surface area contributed by atoms with Crippen LogP contribution in [0, 0.1) is 5.82 Å². The summed E-state index contributed by atoms with van der Waals surface area (Å²) < 4.78 is 13.0. The Morgan fingerprint density at radius 3 is 2.21 bits per heavy atom. The smallest absolute Gasteiger partial charge is 0.255 e. The van der Waals surface area contributed by atoms with Crippen LogP contribution >= 0.6 is 0 Å². The number of halogens is 1. The van der Waals surface area contributed by atoms with Crippen LogP contribution in [0.3, 0.4) is 0 Å². The van der Waals surface area contributed by atoms with Crippen LogP contribution in [-0.2, 0) is 4.79 Å². The molecular weight excluding hydrogens is 369 g/mol. The summed E-state index contributed by atoms with van der Waals surface area (Å²) in [6.45, 7) is 5.24. The van der Waals surface area contributed by atoms with E-state index in [1.165, 1.54) is 24.3 Å². The van der Waals surface area contributed by atoms with E-state index in [0.29, 0.717) is 17.7 Å². The highest BCUT2D eigenvalue weighted by atomic mass is 19.1. The molecule has 0 aromatic heterocycles. The number of hydrogen-bond donors (Lipinski definition) is 1. The second-order valence-corrected chi connectivity index (χ2v) is 7.33. The minimum atomic E-state index is -0.367. The number of piperazine rings is 1. The Balaban J connectivity index is 1.50. The molecule has 0 radical (unpaired) electrons. The molecule has 0 bridgehead atoms. The lowest BCUT2D eigenvalue weighted by Gasteiger charge is -2.36. The molecule has 1 N–H and O–H groups in total. The van der Waals surface area contributed by atoms with Crippen molar-refractivity contribution in [1.82, 2.24) is 4.90 Å². The van der Waals surface area contributed by atoms with Crippen molar-refractivity contribution >= 4 is 23.2 Å². The second-order valence-electron chi connectivity index (χ2n) is 7.33. The number of rotatable bonds is 7. The van der Waals surface area contributed by atoms with Gasteiger partial charge < -0.3 is 15.1 Å². The topological polar surface area (TPSA) is 52.7 Å². The van der Waals surface area contributed by atoms with Gasteiger partial charge >= 0.3 is 0 Å². The first-order chi connectivity index (χ1) is 14.1. The molecule has 0 unspecified atom stereocenters. The summed E-state index contributed by atoms with van der Waals surface area (Å²) >= 11 is 0. The first-order valence-electron chi connectivity index (χ1n) is 10.3. The first kappa shape index (κ1) is 20.8. The third-order valence-corrected chi connectivity index (χ3v) is 5.22. The Kier molecular flexibility index (Phi) is 7.22. The lowest BCUT2D eigenvalue weighted by Crippen LogP contribution is -2.48. The molecule has 1 heterocycles. The zero-order chi connectivity index (χ0) is 20.6. The minimum absolute atomic E-state index is 0.261. The minimum Gasteiger partial charge on any atom is -0.368 e. The SMILES string of the molecule is CCCCCC(=O)N1CCN(c2ccc(NC(=O)c3ccc(F)cc3)cc2)CC1. The summed E-state index contributed by atoms with van der Waals surface area (Å²) in [6.07, 6.45) is 3.86. The number of hydrogen-bond acceptors (Lipinski definition) is 3. The lowest BCUT2D eigenvalue weighted by molar-refractivity contribution is -0.131. The van der Waals surface area contributed by atoms with Crippen molar-refractivity contribution in [3.8, 4) is 0 Å². The molecular formula is C23H28FN3O2. The average Bonchev–Trinajstić information content (AvgIpc) is 2.75. The third kappa shape index (κ3) is 5.79. The molecule has 0 aliphatic carbocycles. The van der Waals surface area contributed by atoms with Crippen LogP contribution < -0.4 is 10.2 Å². The van der Waals surface area contributed by atoms with E-state index in [4.69, 9.17) is 0 Å². The van der Waals surface area contributed by atoms with Crippen LogP contribution in [0.15, 0.2) is 48.5 Å². The second kappa shape index (κ2) is 10.0. The molecule has 0 atom stereocenters. The lowest BCUT2D eigenvalue weighted by atomic mass is 10.1. The monoisotopic (exact) mass is 397 g/mol. The fraction of sp³-hybridized carbons (Fsp3) is 0.391.